The number of likely N-dealkylation sites (tertiary alicyclic amines) is 1. The molecule has 1 aliphatic rings. The van der Waals surface area contributed by atoms with E-state index in [4.69, 9.17) is 10.00 Å². The number of rotatable bonds is 5. The zero-order valence-electron chi connectivity index (χ0n) is 9.95. The van der Waals surface area contributed by atoms with E-state index in [1.165, 1.54) is 7.11 Å². The van der Waals surface area contributed by atoms with Crippen molar-refractivity contribution in [3.63, 3.8) is 0 Å². The van der Waals surface area contributed by atoms with Crippen molar-refractivity contribution < 1.29 is 9.53 Å². The quantitative estimate of drug-likeness (QED) is 0.527. The van der Waals surface area contributed by atoms with Gasteiger partial charge in [-0.15, -0.1) is 0 Å². The summed E-state index contributed by atoms with van der Waals surface area (Å²) in [7, 11) is 1.45. The van der Waals surface area contributed by atoms with Gasteiger partial charge in [0.1, 0.15) is 6.04 Å². The molecule has 0 saturated carbocycles. The molecule has 0 N–H and O–H groups in total. The number of piperidine rings is 1. The Morgan fingerprint density at radius 2 is 2.31 bits per heavy atom. The SMILES string of the molecule is COC(=O)[C@H]1CCCCN1CCCCC#N. The van der Waals surface area contributed by atoms with E-state index in [0.29, 0.717) is 6.42 Å². The molecule has 0 unspecified atom stereocenters. The van der Waals surface area contributed by atoms with E-state index < -0.39 is 0 Å². The van der Waals surface area contributed by atoms with Crippen molar-refractivity contribution in [2.24, 2.45) is 0 Å². The summed E-state index contributed by atoms with van der Waals surface area (Å²) < 4.78 is 4.81. The minimum atomic E-state index is -0.111. The lowest BCUT2D eigenvalue weighted by Crippen LogP contribution is -2.45. The summed E-state index contributed by atoms with van der Waals surface area (Å²) in [4.78, 5) is 13.8. The molecule has 1 aliphatic heterocycles. The average molecular weight is 224 g/mol. The second kappa shape index (κ2) is 7.24. The van der Waals surface area contributed by atoms with Gasteiger partial charge in [0.15, 0.2) is 0 Å². The maximum Gasteiger partial charge on any atom is 0.323 e. The van der Waals surface area contributed by atoms with Crippen LogP contribution in [-0.2, 0) is 9.53 Å². The van der Waals surface area contributed by atoms with Crippen LogP contribution in [0.25, 0.3) is 0 Å². The lowest BCUT2D eigenvalue weighted by molar-refractivity contribution is -0.148. The Balaban J connectivity index is 2.35. The van der Waals surface area contributed by atoms with Gasteiger partial charge in [-0.1, -0.05) is 6.42 Å². The molecule has 0 amide bonds. The first-order valence-electron chi connectivity index (χ1n) is 5.98. The van der Waals surface area contributed by atoms with Crippen LogP contribution in [0.5, 0.6) is 0 Å². The van der Waals surface area contributed by atoms with Crippen LogP contribution in [-0.4, -0.2) is 37.1 Å². The number of carbonyl (C=O) groups excluding carboxylic acids is 1. The van der Waals surface area contributed by atoms with Crippen LogP contribution in [0.15, 0.2) is 0 Å². The number of esters is 1. The zero-order valence-corrected chi connectivity index (χ0v) is 9.95. The fourth-order valence-corrected chi connectivity index (χ4v) is 2.18. The van der Waals surface area contributed by atoms with Gasteiger partial charge in [-0.25, -0.2) is 0 Å². The minimum absolute atomic E-state index is 0.0548. The maximum absolute atomic E-state index is 11.5. The van der Waals surface area contributed by atoms with Crippen molar-refractivity contribution in [3.05, 3.63) is 0 Å². The van der Waals surface area contributed by atoms with Crippen molar-refractivity contribution in [2.75, 3.05) is 20.2 Å². The number of carbonyl (C=O) groups is 1. The fraction of sp³-hybridized carbons (Fsp3) is 0.833. The number of methoxy groups -OCH3 is 1. The Bertz CT molecular complexity index is 260. The highest BCUT2D eigenvalue weighted by Crippen LogP contribution is 2.18. The molecule has 1 saturated heterocycles. The molecule has 0 aromatic rings. The Hall–Kier alpha value is -1.08. The van der Waals surface area contributed by atoms with Crippen LogP contribution in [0.2, 0.25) is 0 Å². The van der Waals surface area contributed by atoms with Crippen molar-refractivity contribution in [1.82, 2.24) is 4.90 Å². The molecule has 1 fully saturated rings. The molecule has 0 aromatic carbocycles. The van der Waals surface area contributed by atoms with Crippen molar-refractivity contribution in [3.8, 4) is 6.07 Å². The normalized spacial score (nSPS) is 21.4. The van der Waals surface area contributed by atoms with Crippen LogP contribution in [0.1, 0.15) is 38.5 Å². The lowest BCUT2D eigenvalue weighted by Gasteiger charge is -2.33. The fourth-order valence-electron chi connectivity index (χ4n) is 2.18. The third-order valence-electron chi connectivity index (χ3n) is 3.07. The lowest BCUT2D eigenvalue weighted by atomic mass is 10.0. The smallest absolute Gasteiger partial charge is 0.323 e. The molecule has 0 aliphatic carbocycles. The Labute approximate surface area is 97.2 Å². The van der Waals surface area contributed by atoms with Gasteiger partial charge in [-0.2, -0.15) is 5.26 Å². The van der Waals surface area contributed by atoms with E-state index in [-0.39, 0.29) is 12.0 Å². The van der Waals surface area contributed by atoms with Crippen LogP contribution in [0.3, 0.4) is 0 Å². The van der Waals surface area contributed by atoms with E-state index >= 15 is 0 Å². The number of nitrogens with zero attached hydrogens (tertiary/aromatic N) is 2. The first-order chi connectivity index (χ1) is 7.79. The van der Waals surface area contributed by atoms with E-state index in [1.54, 1.807) is 0 Å². The Kier molecular flexibility index (Phi) is 5.87. The molecule has 0 bridgehead atoms. The van der Waals surface area contributed by atoms with Crippen LogP contribution in [0.4, 0.5) is 0 Å². The molecule has 1 atom stereocenters. The number of hydrogen-bond acceptors (Lipinski definition) is 4. The highest BCUT2D eigenvalue weighted by atomic mass is 16.5. The monoisotopic (exact) mass is 224 g/mol. The van der Waals surface area contributed by atoms with Gasteiger partial charge < -0.3 is 4.74 Å². The van der Waals surface area contributed by atoms with E-state index in [9.17, 15) is 4.79 Å². The van der Waals surface area contributed by atoms with Crippen molar-refractivity contribution in [1.29, 1.82) is 5.26 Å². The first-order valence-corrected chi connectivity index (χ1v) is 5.98. The van der Waals surface area contributed by atoms with E-state index in [0.717, 1.165) is 45.2 Å². The highest BCUT2D eigenvalue weighted by molar-refractivity contribution is 5.75. The summed E-state index contributed by atoms with van der Waals surface area (Å²) in [5, 5.41) is 8.44. The minimum Gasteiger partial charge on any atom is -0.468 e. The second-order valence-electron chi connectivity index (χ2n) is 4.19. The molecule has 4 heteroatoms. The molecule has 1 heterocycles. The highest BCUT2D eigenvalue weighted by Gasteiger charge is 2.28. The first kappa shape index (κ1) is 13.0. The van der Waals surface area contributed by atoms with Crippen molar-refractivity contribution in [2.45, 2.75) is 44.6 Å². The molecule has 0 aromatic heterocycles. The maximum atomic E-state index is 11.5. The standard InChI is InChI=1S/C12H20N2O2/c1-16-12(15)11-7-3-6-10-14(11)9-5-2-4-8-13/h11H,2-7,9-10H2,1H3/t11-/m1/s1. The Morgan fingerprint density at radius 1 is 1.50 bits per heavy atom. The molecule has 0 spiro atoms. The van der Waals surface area contributed by atoms with Gasteiger partial charge in [0.25, 0.3) is 0 Å². The van der Waals surface area contributed by atoms with E-state index in [2.05, 4.69) is 11.0 Å². The predicted molar refractivity (Wildman–Crippen MR) is 60.7 cm³/mol. The van der Waals surface area contributed by atoms with Gasteiger partial charge in [0, 0.05) is 6.42 Å². The van der Waals surface area contributed by atoms with Crippen LogP contribution < -0.4 is 0 Å². The Morgan fingerprint density at radius 3 is 3.00 bits per heavy atom. The number of unbranched alkanes of at least 4 members (excludes halogenated alkanes) is 2. The van der Waals surface area contributed by atoms with Gasteiger partial charge in [-0.3, -0.25) is 9.69 Å². The second-order valence-corrected chi connectivity index (χ2v) is 4.19. The summed E-state index contributed by atoms with van der Waals surface area (Å²) in [5.74, 6) is -0.111. The van der Waals surface area contributed by atoms with Gasteiger partial charge >= 0.3 is 5.97 Å². The largest absolute Gasteiger partial charge is 0.468 e. The average Bonchev–Trinajstić information content (AvgIpc) is 2.34. The topological polar surface area (TPSA) is 53.3 Å². The van der Waals surface area contributed by atoms with Crippen molar-refractivity contribution >= 4 is 5.97 Å². The molecule has 4 nitrogen and oxygen atoms in total. The van der Waals surface area contributed by atoms with Gasteiger partial charge in [0.05, 0.1) is 13.2 Å². The molecule has 0 radical (unpaired) electrons. The summed E-state index contributed by atoms with van der Waals surface area (Å²) >= 11 is 0. The number of hydrogen-bond donors (Lipinski definition) is 0. The number of ether oxygens (including phenoxy) is 1. The summed E-state index contributed by atoms with van der Waals surface area (Å²) in [6, 6.07) is 2.09. The predicted octanol–water partition coefficient (Wildman–Crippen LogP) is 1.71. The summed E-state index contributed by atoms with van der Waals surface area (Å²) in [5.41, 5.74) is 0. The zero-order chi connectivity index (χ0) is 11.8. The van der Waals surface area contributed by atoms with Crippen LogP contribution >= 0.6 is 0 Å². The molecular weight excluding hydrogens is 204 g/mol. The molecular formula is C12H20N2O2. The van der Waals surface area contributed by atoms with Gasteiger partial charge in [0.2, 0.25) is 0 Å². The number of nitriles is 1. The molecule has 1 rings (SSSR count). The van der Waals surface area contributed by atoms with Gasteiger partial charge in [-0.05, 0) is 38.8 Å². The third kappa shape index (κ3) is 3.82. The summed E-state index contributed by atoms with van der Waals surface area (Å²) in [6.07, 6.45) is 5.68. The van der Waals surface area contributed by atoms with Crippen LogP contribution in [0, 0.1) is 11.3 Å². The van der Waals surface area contributed by atoms with E-state index in [1.807, 2.05) is 0 Å². The molecule has 90 valence electrons. The third-order valence-corrected chi connectivity index (χ3v) is 3.07. The molecule has 16 heavy (non-hydrogen) atoms. The summed E-state index contributed by atoms with van der Waals surface area (Å²) in [6.45, 7) is 1.88.